The van der Waals surface area contributed by atoms with Crippen LogP contribution >= 0.6 is 0 Å². The molecular formula is C22H19N5O3. The van der Waals surface area contributed by atoms with Gasteiger partial charge < -0.3 is 19.5 Å². The van der Waals surface area contributed by atoms with Crippen LogP contribution in [0.4, 0.5) is 0 Å². The average molecular weight is 401 g/mol. The first-order valence-corrected chi connectivity index (χ1v) is 9.55. The lowest BCUT2D eigenvalue weighted by atomic mass is 10.2. The molecule has 150 valence electrons. The summed E-state index contributed by atoms with van der Waals surface area (Å²) in [6.45, 7) is 1.69. The Bertz CT molecular complexity index is 1150. The van der Waals surface area contributed by atoms with Crippen molar-refractivity contribution < 1.29 is 14.2 Å². The number of nitrogens with one attached hydrogen (secondary N) is 1. The molecule has 4 aromatic rings. The van der Waals surface area contributed by atoms with E-state index < -0.39 is 0 Å². The van der Waals surface area contributed by atoms with E-state index in [1.54, 1.807) is 4.68 Å². The smallest absolute Gasteiger partial charge is 0.345 e. The van der Waals surface area contributed by atoms with Crippen LogP contribution in [0.1, 0.15) is 11.1 Å². The van der Waals surface area contributed by atoms with Crippen LogP contribution in [0.5, 0.6) is 23.3 Å². The molecule has 0 unspecified atom stereocenters. The third-order valence-corrected chi connectivity index (χ3v) is 4.64. The molecule has 8 heteroatoms. The van der Waals surface area contributed by atoms with Gasteiger partial charge in [-0.25, -0.2) is 0 Å². The number of benzene rings is 3. The van der Waals surface area contributed by atoms with Crippen molar-refractivity contribution in [2.75, 3.05) is 6.79 Å². The van der Waals surface area contributed by atoms with Crippen molar-refractivity contribution in [2.45, 2.75) is 13.1 Å². The van der Waals surface area contributed by atoms with Crippen LogP contribution in [0.2, 0.25) is 0 Å². The van der Waals surface area contributed by atoms with Gasteiger partial charge in [-0.05, 0) is 58.0 Å². The Balaban J connectivity index is 1.23. The second-order valence-corrected chi connectivity index (χ2v) is 6.75. The highest BCUT2D eigenvalue weighted by Crippen LogP contribution is 2.32. The zero-order valence-electron chi connectivity index (χ0n) is 16.1. The lowest BCUT2D eigenvalue weighted by Gasteiger charge is -2.09. The molecule has 0 aliphatic carbocycles. The Kier molecular flexibility index (Phi) is 4.97. The standard InChI is InChI=1S/C22H19N5O3/c1-2-6-18(7-3-1)27-22(24-25-26-27)30-19-8-4-5-16(11-19)13-23-14-17-9-10-20-21(12-17)29-15-28-20/h1-12,23H,13-15H2. The van der Waals surface area contributed by atoms with E-state index in [1.165, 1.54) is 0 Å². The average Bonchev–Trinajstić information content (AvgIpc) is 3.44. The third kappa shape index (κ3) is 3.94. The molecular weight excluding hydrogens is 382 g/mol. The van der Waals surface area contributed by atoms with Gasteiger partial charge >= 0.3 is 6.01 Å². The van der Waals surface area contributed by atoms with Crippen LogP contribution < -0.4 is 19.5 Å². The molecule has 0 bridgehead atoms. The number of aromatic nitrogens is 4. The molecule has 8 nitrogen and oxygen atoms in total. The summed E-state index contributed by atoms with van der Waals surface area (Å²) < 4.78 is 18.3. The van der Waals surface area contributed by atoms with Crippen LogP contribution in [0.3, 0.4) is 0 Å². The highest BCUT2D eigenvalue weighted by Gasteiger charge is 2.13. The fourth-order valence-electron chi connectivity index (χ4n) is 3.20. The van der Waals surface area contributed by atoms with Crippen molar-refractivity contribution >= 4 is 0 Å². The Morgan fingerprint density at radius 3 is 2.60 bits per heavy atom. The molecule has 1 aliphatic heterocycles. The quantitative estimate of drug-likeness (QED) is 0.508. The van der Waals surface area contributed by atoms with Gasteiger partial charge in [-0.1, -0.05) is 41.5 Å². The molecule has 5 rings (SSSR count). The molecule has 1 aromatic heterocycles. The summed E-state index contributed by atoms with van der Waals surface area (Å²) in [4.78, 5) is 0. The maximum atomic E-state index is 5.93. The van der Waals surface area contributed by atoms with Crippen LogP contribution in [-0.2, 0) is 13.1 Å². The number of hydrogen-bond donors (Lipinski definition) is 1. The Hall–Kier alpha value is -3.91. The number of para-hydroxylation sites is 1. The van der Waals surface area contributed by atoms with Gasteiger partial charge in [-0.3, -0.25) is 0 Å². The van der Waals surface area contributed by atoms with Crippen molar-refractivity contribution in [3.05, 3.63) is 83.9 Å². The third-order valence-electron chi connectivity index (χ3n) is 4.64. The maximum Gasteiger partial charge on any atom is 0.345 e. The second kappa shape index (κ2) is 8.22. The molecule has 0 radical (unpaired) electrons. The van der Waals surface area contributed by atoms with E-state index in [0.717, 1.165) is 28.3 Å². The fourth-order valence-corrected chi connectivity index (χ4v) is 3.20. The number of ether oxygens (including phenoxy) is 3. The highest BCUT2D eigenvalue weighted by atomic mass is 16.7. The Labute approximate surface area is 173 Å². The SMILES string of the molecule is c1ccc(-n2nnnc2Oc2cccc(CNCc3ccc4c(c3)OCO4)c2)cc1. The van der Waals surface area contributed by atoms with Gasteiger partial charge in [-0.15, -0.1) is 0 Å². The number of nitrogens with zero attached hydrogens (tertiary/aromatic N) is 4. The molecule has 0 fully saturated rings. The summed E-state index contributed by atoms with van der Waals surface area (Å²) in [5.41, 5.74) is 3.06. The predicted octanol–water partition coefficient (Wildman–Crippen LogP) is 3.47. The summed E-state index contributed by atoms with van der Waals surface area (Å²) >= 11 is 0. The summed E-state index contributed by atoms with van der Waals surface area (Å²) in [7, 11) is 0. The minimum atomic E-state index is 0.284. The Morgan fingerprint density at radius 2 is 1.70 bits per heavy atom. The molecule has 2 heterocycles. The van der Waals surface area contributed by atoms with Gasteiger partial charge in [0.05, 0.1) is 5.69 Å². The monoisotopic (exact) mass is 401 g/mol. The summed E-state index contributed by atoms with van der Waals surface area (Å²) in [5.74, 6) is 2.26. The van der Waals surface area contributed by atoms with Gasteiger partial charge in [-0.2, -0.15) is 4.68 Å². The lowest BCUT2D eigenvalue weighted by Crippen LogP contribution is -2.12. The van der Waals surface area contributed by atoms with Crippen LogP contribution in [0.25, 0.3) is 5.69 Å². The van der Waals surface area contributed by atoms with E-state index >= 15 is 0 Å². The van der Waals surface area contributed by atoms with Crippen molar-refractivity contribution in [1.29, 1.82) is 0 Å². The molecule has 1 N–H and O–H groups in total. The number of tetrazole rings is 1. The van der Waals surface area contributed by atoms with E-state index in [9.17, 15) is 0 Å². The van der Waals surface area contributed by atoms with E-state index in [2.05, 4.69) is 20.8 Å². The summed E-state index contributed by atoms with van der Waals surface area (Å²) in [6.07, 6.45) is 0. The Morgan fingerprint density at radius 1 is 0.867 bits per heavy atom. The maximum absolute atomic E-state index is 5.93. The summed E-state index contributed by atoms with van der Waals surface area (Å²) in [5, 5.41) is 15.2. The molecule has 0 saturated carbocycles. The molecule has 3 aromatic carbocycles. The molecule has 0 saturated heterocycles. The molecule has 0 amide bonds. The van der Waals surface area contributed by atoms with E-state index in [4.69, 9.17) is 14.2 Å². The van der Waals surface area contributed by atoms with Crippen LogP contribution in [-0.4, -0.2) is 27.0 Å². The minimum absolute atomic E-state index is 0.284. The van der Waals surface area contributed by atoms with Gasteiger partial charge in [0.2, 0.25) is 6.79 Å². The van der Waals surface area contributed by atoms with Crippen LogP contribution in [0.15, 0.2) is 72.8 Å². The van der Waals surface area contributed by atoms with Crippen molar-refractivity contribution in [2.24, 2.45) is 0 Å². The van der Waals surface area contributed by atoms with Crippen molar-refractivity contribution in [3.63, 3.8) is 0 Å². The topological polar surface area (TPSA) is 83.3 Å². The normalized spacial score (nSPS) is 12.1. The van der Waals surface area contributed by atoms with Gasteiger partial charge in [0.25, 0.3) is 0 Å². The number of fused-ring (bicyclic) bond motifs is 1. The predicted molar refractivity (Wildman–Crippen MR) is 109 cm³/mol. The van der Waals surface area contributed by atoms with Crippen molar-refractivity contribution in [3.8, 4) is 28.9 Å². The zero-order valence-corrected chi connectivity index (χ0v) is 16.1. The summed E-state index contributed by atoms with van der Waals surface area (Å²) in [6, 6.07) is 23.7. The van der Waals surface area contributed by atoms with Gasteiger partial charge in [0, 0.05) is 13.1 Å². The van der Waals surface area contributed by atoms with Gasteiger partial charge in [0.15, 0.2) is 11.5 Å². The zero-order chi connectivity index (χ0) is 20.2. The fraction of sp³-hybridized carbons (Fsp3) is 0.136. The molecule has 30 heavy (non-hydrogen) atoms. The first-order chi connectivity index (χ1) is 14.8. The largest absolute Gasteiger partial charge is 0.454 e. The van der Waals surface area contributed by atoms with Crippen LogP contribution in [0, 0.1) is 0 Å². The molecule has 0 spiro atoms. The molecule has 0 atom stereocenters. The first kappa shape index (κ1) is 18.1. The minimum Gasteiger partial charge on any atom is -0.454 e. The second-order valence-electron chi connectivity index (χ2n) is 6.75. The highest BCUT2D eigenvalue weighted by molar-refractivity contribution is 5.44. The lowest BCUT2D eigenvalue weighted by molar-refractivity contribution is 0.174. The van der Waals surface area contributed by atoms with E-state index in [-0.39, 0.29) is 6.79 Å². The van der Waals surface area contributed by atoms with E-state index in [0.29, 0.717) is 24.8 Å². The van der Waals surface area contributed by atoms with Crippen molar-refractivity contribution in [1.82, 2.24) is 25.5 Å². The molecule has 1 aliphatic rings. The van der Waals surface area contributed by atoms with Gasteiger partial charge in [0.1, 0.15) is 5.75 Å². The first-order valence-electron chi connectivity index (χ1n) is 9.55. The number of rotatable bonds is 7. The van der Waals surface area contributed by atoms with E-state index in [1.807, 2.05) is 72.8 Å². The number of hydrogen-bond acceptors (Lipinski definition) is 7.